The third-order valence-corrected chi connectivity index (χ3v) is 11.4. The Morgan fingerprint density at radius 2 is 1.42 bits per heavy atom. The zero-order valence-corrected chi connectivity index (χ0v) is 33.1. The molecule has 2 fully saturated rings. The van der Waals surface area contributed by atoms with Crippen LogP contribution in [0, 0.1) is 5.92 Å². The summed E-state index contributed by atoms with van der Waals surface area (Å²) in [4.78, 5) is 44.7. The average Bonchev–Trinajstić information content (AvgIpc) is 3.83. The molecule has 6 aromatic rings. The summed E-state index contributed by atoms with van der Waals surface area (Å²) < 4.78 is 25.0. The number of aliphatic hydroxyl groups excluding tert-OH is 1. The molecule has 2 aliphatic rings. The van der Waals surface area contributed by atoms with Crippen molar-refractivity contribution >= 4 is 29.7 Å². The van der Waals surface area contributed by atoms with Gasteiger partial charge in [0.1, 0.15) is 18.3 Å². The Kier molecular flexibility index (Phi) is 12.3. The Labute approximate surface area is 346 Å². The van der Waals surface area contributed by atoms with Crippen LogP contribution >= 0.6 is 11.8 Å². The van der Waals surface area contributed by atoms with Crippen molar-refractivity contribution in [1.82, 2.24) is 15.2 Å². The molecule has 3 amide bonds. The first kappa shape index (κ1) is 39.8. The van der Waals surface area contributed by atoms with Gasteiger partial charge >= 0.3 is 6.09 Å². The summed E-state index contributed by atoms with van der Waals surface area (Å²) in [5, 5.41) is 12.8. The summed E-state index contributed by atoms with van der Waals surface area (Å²) in [6, 6.07) is 43.3. The Hall–Kier alpha value is -6.05. The summed E-state index contributed by atoms with van der Waals surface area (Å²) >= 11 is 1.49. The molecule has 3 heterocycles. The third kappa shape index (κ3) is 9.32. The minimum Gasteiger partial charge on any atom is -0.445 e. The minimum atomic E-state index is -1.000. The predicted molar refractivity (Wildman–Crippen MR) is 221 cm³/mol. The lowest BCUT2D eigenvalue weighted by Crippen LogP contribution is -2.41. The Balaban J connectivity index is 0.963. The molecule has 5 aromatic carbocycles. The van der Waals surface area contributed by atoms with Gasteiger partial charge in [0.15, 0.2) is 12.1 Å². The zero-order chi connectivity index (χ0) is 40.7. The van der Waals surface area contributed by atoms with Crippen LogP contribution in [0.25, 0.3) is 22.6 Å². The first-order chi connectivity index (χ1) is 28.8. The Morgan fingerprint density at radius 3 is 2.10 bits per heavy atom. The average molecular weight is 810 g/mol. The van der Waals surface area contributed by atoms with E-state index in [1.807, 2.05) is 140 Å². The van der Waals surface area contributed by atoms with Gasteiger partial charge in [-0.3, -0.25) is 14.5 Å². The molecule has 0 saturated carbocycles. The fourth-order valence-corrected chi connectivity index (χ4v) is 8.22. The lowest BCUT2D eigenvalue weighted by Gasteiger charge is -2.41. The molecule has 1 unspecified atom stereocenters. The van der Waals surface area contributed by atoms with E-state index < -0.39 is 24.3 Å². The fourth-order valence-electron chi connectivity index (χ4n) is 7.23. The van der Waals surface area contributed by atoms with Crippen LogP contribution in [0.2, 0.25) is 0 Å². The topological polar surface area (TPSA) is 140 Å². The SMILES string of the molecule is C[C@H]1[C@@H](CSc2nc(-c3ccccc3)c(-c3ccccc3)o2)O[C@@H](c2ccc(CN3C(=O)CC(NC(=O)OCc4ccccc4)C3=O)cc2)O[C@H]1c1ccc(CO)cc1. The molecular formula is C47H43N3O8S. The molecule has 0 aliphatic carbocycles. The molecule has 2 saturated heterocycles. The first-order valence-corrected chi connectivity index (χ1v) is 20.5. The van der Waals surface area contributed by atoms with E-state index in [1.165, 1.54) is 11.8 Å². The van der Waals surface area contributed by atoms with Gasteiger partial charge in [-0.15, -0.1) is 0 Å². The maximum Gasteiger partial charge on any atom is 0.408 e. The molecule has 12 heteroatoms. The van der Waals surface area contributed by atoms with E-state index in [-0.39, 0.29) is 50.2 Å². The minimum absolute atomic E-state index is 0.0454. The number of carbonyl (C=O) groups is 3. The number of hydrogen-bond donors (Lipinski definition) is 2. The molecule has 5 atom stereocenters. The van der Waals surface area contributed by atoms with Crippen molar-refractivity contribution in [3.63, 3.8) is 0 Å². The molecule has 0 spiro atoms. The summed E-state index contributed by atoms with van der Waals surface area (Å²) in [6.07, 6.45) is -2.25. The van der Waals surface area contributed by atoms with Crippen molar-refractivity contribution in [1.29, 1.82) is 0 Å². The second-order valence-electron chi connectivity index (χ2n) is 14.5. The smallest absolute Gasteiger partial charge is 0.408 e. The van der Waals surface area contributed by atoms with Gasteiger partial charge < -0.3 is 29.1 Å². The van der Waals surface area contributed by atoms with Gasteiger partial charge in [0, 0.05) is 28.4 Å². The number of aromatic nitrogens is 1. The van der Waals surface area contributed by atoms with Gasteiger partial charge in [-0.05, 0) is 22.3 Å². The van der Waals surface area contributed by atoms with Crippen LogP contribution in [0.5, 0.6) is 0 Å². The van der Waals surface area contributed by atoms with E-state index in [0.29, 0.717) is 16.7 Å². The van der Waals surface area contributed by atoms with Crippen molar-refractivity contribution in [3.8, 4) is 22.6 Å². The van der Waals surface area contributed by atoms with Crippen molar-refractivity contribution in [3.05, 3.63) is 167 Å². The number of oxazole rings is 1. The van der Waals surface area contributed by atoms with Gasteiger partial charge in [0.25, 0.3) is 11.1 Å². The van der Waals surface area contributed by atoms with E-state index >= 15 is 0 Å². The van der Waals surface area contributed by atoms with E-state index in [2.05, 4.69) is 12.2 Å². The van der Waals surface area contributed by atoms with Gasteiger partial charge in [-0.1, -0.05) is 158 Å². The number of hydrogen-bond acceptors (Lipinski definition) is 10. The van der Waals surface area contributed by atoms with E-state index in [1.54, 1.807) is 0 Å². The number of benzene rings is 5. The molecule has 2 aliphatic heterocycles. The summed E-state index contributed by atoms with van der Waals surface area (Å²) in [5.74, 6) is 0.289. The second-order valence-corrected chi connectivity index (χ2v) is 15.5. The molecule has 8 rings (SSSR count). The maximum absolute atomic E-state index is 13.2. The van der Waals surface area contributed by atoms with Crippen LogP contribution in [0.15, 0.2) is 149 Å². The number of carbonyl (C=O) groups excluding carboxylic acids is 3. The molecule has 1 aromatic heterocycles. The van der Waals surface area contributed by atoms with Crippen LogP contribution in [-0.4, -0.2) is 50.8 Å². The quantitative estimate of drug-likeness (QED) is 0.0861. The Bertz CT molecular complexity index is 2300. The van der Waals surface area contributed by atoms with Crippen molar-refractivity contribution in [2.75, 3.05) is 5.75 Å². The molecule has 59 heavy (non-hydrogen) atoms. The molecule has 2 N–H and O–H groups in total. The molecule has 11 nitrogen and oxygen atoms in total. The zero-order valence-electron chi connectivity index (χ0n) is 32.3. The highest BCUT2D eigenvalue weighted by atomic mass is 32.2. The largest absolute Gasteiger partial charge is 0.445 e. The lowest BCUT2D eigenvalue weighted by molar-refractivity contribution is -0.268. The molecular weight excluding hydrogens is 767 g/mol. The number of imide groups is 1. The second kappa shape index (κ2) is 18.3. The number of thioether (sulfide) groups is 1. The van der Waals surface area contributed by atoms with E-state index in [9.17, 15) is 19.5 Å². The summed E-state index contributed by atoms with van der Waals surface area (Å²) in [7, 11) is 0. The highest BCUT2D eigenvalue weighted by molar-refractivity contribution is 7.99. The number of alkyl carbamates (subject to hydrolysis) is 1. The number of aliphatic hydroxyl groups is 1. The van der Waals surface area contributed by atoms with Gasteiger partial charge in [0.2, 0.25) is 5.91 Å². The normalized spacial score (nSPS) is 20.4. The number of ether oxygens (including phenoxy) is 3. The van der Waals surface area contributed by atoms with E-state index in [0.717, 1.165) is 49.5 Å². The molecule has 0 radical (unpaired) electrons. The molecule has 300 valence electrons. The van der Waals surface area contributed by atoms with Gasteiger partial charge in [-0.25, -0.2) is 9.78 Å². The number of rotatable bonds is 13. The van der Waals surface area contributed by atoms with Gasteiger partial charge in [-0.2, -0.15) is 0 Å². The molecule has 0 bridgehead atoms. The van der Waals surface area contributed by atoms with Gasteiger partial charge in [0.05, 0.1) is 31.8 Å². The maximum atomic E-state index is 13.2. The summed E-state index contributed by atoms with van der Waals surface area (Å²) in [6.45, 7) is 2.14. The monoisotopic (exact) mass is 809 g/mol. The highest BCUT2D eigenvalue weighted by Gasteiger charge is 2.41. The number of nitrogens with zero attached hydrogens (tertiary/aromatic N) is 2. The predicted octanol–water partition coefficient (Wildman–Crippen LogP) is 8.64. The van der Waals surface area contributed by atoms with Crippen LogP contribution in [-0.2, 0) is 43.6 Å². The number of nitrogens with one attached hydrogen (secondary N) is 1. The van der Waals surface area contributed by atoms with Crippen molar-refractivity contribution in [2.24, 2.45) is 5.92 Å². The van der Waals surface area contributed by atoms with Crippen molar-refractivity contribution < 1.29 is 38.1 Å². The highest BCUT2D eigenvalue weighted by Crippen LogP contribution is 2.44. The van der Waals surface area contributed by atoms with Crippen LogP contribution in [0.4, 0.5) is 4.79 Å². The lowest BCUT2D eigenvalue weighted by atomic mass is 9.91. The van der Waals surface area contributed by atoms with E-state index in [4.69, 9.17) is 23.6 Å². The van der Waals surface area contributed by atoms with Crippen molar-refractivity contribution in [2.45, 2.75) is 62.9 Å². The standard InChI is InChI=1S/C47H43N3O8S/c1-30-39(29-59-47-49-41(34-13-7-3-8-14-34)43(58-47)35-15-9-4-10-16-35)56-45(57-42(30)36-21-19-32(27-51)20-22-36)37-23-17-31(18-24-37)26-50-40(52)25-38(44(50)53)48-46(54)55-28-33-11-5-2-6-12-33/h2-24,30,38-39,42,45,51H,25-29H2,1H3,(H,48,54)/t30-,38?,39+,42+,45+/m0/s1. The first-order valence-electron chi connectivity index (χ1n) is 19.5. The third-order valence-electron chi connectivity index (χ3n) is 10.5. The van der Waals surface area contributed by atoms with Crippen LogP contribution < -0.4 is 5.32 Å². The number of amides is 3. The summed E-state index contributed by atoms with van der Waals surface area (Å²) in [5.41, 5.74) is 6.73. The Morgan fingerprint density at radius 1 is 0.797 bits per heavy atom. The van der Waals surface area contributed by atoms with Crippen LogP contribution in [0.3, 0.4) is 0 Å². The van der Waals surface area contributed by atoms with Crippen LogP contribution in [0.1, 0.15) is 53.6 Å². The fraction of sp³-hybridized carbons (Fsp3) is 0.234. The number of likely N-dealkylation sites (tertiary alicyclic amines) is 1.